The topological polar surface area (TPSA) is 0 Å². The number of hydrogen-bond acceptors (Lipinski definition) is 0. The van der Waals surface area contributed by atoms with Gasteiger partial charge in [-0.15, -0.1) is 13.2 Å². The van der Waals surface area contributed by atoms with Crippen molar-refractivity contribution in [2.75, 3.05) is 0 Å². The number of fused-ring (bicyclic) bond motifs is 3. The molecule has 23 heavy (non-hydrogen) atoms. The number of hydrogen-bond donors (Lipinski definition) is 0. The lowest BCUT2D eigenvalue weighted by atomic mass is 9.82. The highest BCUT2D eigenvalue weighted by atomic mass is 14.4. The van der Waals surface area contributed by atoms with Crippen LogP contribution in [0.1, 0.15) is 52.7 Å². The van der Waals surface area contributed by atoms with Crippen molar-refractivity contribution in [2.24, 2.45) is 0 Å². The van der Waals surface area contributed by atoms with Crippen LogP contribution in [-0.4, -0.2) is 0 Å². The van der Waals surface area contributed by atoms with Crippen molar-refractivity contribution in [3.8, 4) is 11.1 Å². The molecule has 0 fully saturated rings. The fourth-order valence-electron chi connectivity index (χ4n) is 2.67. The molecule has 1 aliphatic carbocycles. The van der Waals surface area contributed by atoms with Crippen LogP contribution >= 0.6 is 0 Å². The lowest BCUT2D eigenvalue weighted by Crippen LogP contribution is -2.14. The van der Waals surface area contributed by atoms with Gasteiger partial charge in [0.25, 0.3) is 0 Å². The molecule has 0 heteroatoms. The van der Waals surface area contributed by atoms with Crippen LogP contribution in [0.4, 0.5) is 0 Å². The minimum absolute atomic E-state index is 0.160. The van der Waals surface area contributed by atoms with E-state index in [0.717, 1.165) is 0 Å². The molecule has 3 rings (SSSR count). The Bertz CT molecular complexity index is 549. The molecule has 0 unspecified atom stereocenters. The van der Waals surface area contributed by atoms with Crippen molar-refractivity contribution in [1.82, 2.24) is 0 Å². The van der Waals surface area contributed by atoms with Crippen LogP contribution in [0.15, 0.2) is 73.8 Å². The first-order valence-corrected chi connectivity index (χ1v) is 8.38. The van der Waals surface area contributed by atoms with E-state index in [1.807, 2.05) is 27.7 Å². The average molecular weight is 309 g/mol. The highest BCUT2D eigenvalue weighted by molar-refractivity contribution is 5.80. The fourth-order valence-corrected chi connectivity index (χ4v) is 2.67. The summed E-state index contributed by atoms with van der Waals surface area (Å²) in [6.45, 7) is 19.1. The summed E-state index contributed by atoms with van der Waals surface area (Å²) in [7, 11) is 0. The van der Waals surface area contributed by atoms with E-state index in [0.29, 0.717) is 0 Å². The van der Waals surface area contributed by atoms with Gasteiger partial charge >= 0.3 is 0 Å². The summed E-state index contributed by atoms with van der Waals surface area (Å²) in [6, 6.07) is 17.4. The van der Waals surface area contributed by atoms with Gasteiger partial charge < -0.3 is 0 Å². The minimum Gasteiger partial charge on any atom is -0.103 e. The van der Waals surface area contributed by atoms with Gasteiger partial charge in [0, 0.05) is 5.41 Å². The molecule has 2 aromatic rings. The van der Waals surface area contributed by atoms with Crippen molar-refractivity contribution in [2.45, 2.75) is 47.0 Å². The molecular weight excluding hydrogens is 276 g/mol. The second-order valence-electron chi connectivity index (χ2n) is 5.53. The van der Waals surface area contributed by atoms with E-state index in [2.05, 4.69) is 75.5 Å². The zero-order valence-electron chi connectivity index (χ0n) is 15.7. The van der Waals surface area contributed by atoms with Crippen molar-refractivity contribution >= 4 is 0 Å². The van der Waals surface area contributed by atoms with Gasteiger partial charge in [0.2, 0.25) is 0 Å². The zero-order valence-corrected chi connectivity index (χ0v) is 15.7. The van der Waals surface area contributed by atoms with Crippen LogP contribution in [0.3, 0.4) is 0 Å². The van der Waals surface area contributed by atoms with Gasteiger partial charge in [0.1, 0.15) is 0 Å². The molecule has 0 spiro atoms. The largest absolute Gasteiger partial charge is 0.103 e. The predicted octanol–water partition coefficient (Wildman–Crippen LogP) is 7.40. The molecule has 0 heterocycles. The fraction of sp³-hybridized carbons (Fsp3) is 0.304. The smallest absolute Gasteiger partial charge is 0.0158 e. The van der Waals surface area contributed by atoms with Crippen LogP contribution < -0.4 is 0 Å². The summed E-state index contributed by atoms with van der Waals surface area (Å²) in [5, 5.41) is 0. The van der Waals surface area contributed by atoms with E-state index in [-0.39, 0.29) is 5.41 Å². The first-order chi connectivity index (χ1) is 11.0. The molecule has 124 valence electrons. The SMILES string of the molecule is C=CC.C=CC.CC.CC1(C)c2ccccc2-c2ccccc21. The molecule has 0 bridgehead atoms. The molecule has 0 aromatic heterocycles. The third kappa shape index (κ3) is 4.96. The molecule has 1 aliphatic rings. The first kappa shape index (κ1) is 20.9. The van der Waals surface area contributed by atoms with Crippen molar-refractivity contribution in [3.05, 3.63) is 85.0 Å². The average Bonchev–Trinajstić information content (AvgIpc) is 2.80. The Morgan fingerprint density at radius 1 is 0.696 bits per heavy atom. The van der Waals surface area contributed by atoms with Crippen LogP contribution in [0.5, 0.6) is 0 Å². The Balaban J connectivity index is 0.000000522. The molecule has 0 saturated carbocycles. The molecule has 2 aromatic carbocycles. The van der Waals surface area contributed by atoms with Crippen LogP contribution in [0.25, 0.3) is 11.1 Å². The molecule has 0 aliphatic heterocycles. The highest BCUT2D eigenvalue weighted by Crippen LogP contribution is 2.47. The maximum Gasteiger partial charge on any atom is 0.0158 e. The quantitative estimate of drug-likeness (QED) is 0.445. The second-order valence-corrected chi connectivity index (χ2v) is 5.53. The Labute approximate surface area is 143 Å². The number of rotatable bonds is 0. The van der Waals surface area contributed by atoms with Crippen LogP contribution in [0.2, 0.25) is 0 Å². The maximum absolute atomic E-state index is 3.36. The summed E-state index contributed by atoms with van der Waals surface area (Å²) in [5.74, 6) is 0. The molecule has 0 atom stereocenters. The minimum atomic E-state index is 0.160. The van der Waals surface area contributed by atoms with Crippen LogP contribution in [0, 0.1) is 0 Å². The van der Waals surface area contributed by atoms with E-state index < -0.39 is 0 Å². The summed E-state index contributed by atoms with van der Waals surface area (Å²) in [4.78, 5) is 0. The van der Waals surface area contributed by atoms with Gasteiger partial charge in [-0.3, -0.25) is 0 Å². The predicted molar refractivity (Wildman–Crippen MR) is 107 cm³/mol. The van der Waals surface area contributed by atoms with Crippen LogP contribution in [-0.2, 0) is 5.41 Å². The van der Waals surface area contributed by atoms with E-state index in [4.69, 9.17) is 0 Å². The molecule has 0 nitrogen and oxygen atoms in total. The van der Waals surface area contributed by atoms with E-state index in [9.17, 15) is 0 Å². The van der Waals surface area contributed by atoms with E-state index >= 15 is 0 Å². The number of benzene rings is 2. The summed E-state index contributed by atoms with van der Waals surface area (Å²) >= 11 is 0. The molecule has 0 saturated heterocycles. The second kappa shape index (κ2) is 10.6. The van der Waals surface area contributed by atoms with Crippen molar-refractivity contribution in [3.63, 3.8) is 0 Å². The Kier molecular flexibility index (Phi) is 9.65. The summed E-state index contributed by atoms with van der Waals surface area (Å²) < 4.78 is 0. The lowest BCUT2D eigenvalue weighted by Gasteiger charge is -2.20. The first-order valence-electron chi connectivity index (χ1n) is 8.38. The molecular formula is C23H32. The highest BCUT2D eigenvalue weighted by Gasteiger charge is 2.34. The lowest BCUT2D eigenvalue weighted by molar-refractivity contribution is 0.660. The van der Waals surface area contributed by atoms with Gasteiger partial charge in [-0.25, -0.2) is 0 Å². The Morgan fingerprint density at radius 3 is 1.26 bits per heavy atom. The third-order valence-electron chi connectivity index (χ3n) is 3.49. The monoisotopic (exact) mass is 308 g/mol. The Hall–Kier alpha value is -2.08. The van der Waals surface area contributed by atoms with Gasteiger partial charge in [0.05, 0.1) is 0 Å². The standard InChI is InChI=1S/C15H14.2C3H6.C2H6/c1-15(2)13-9-5-3-7-11(13)12-8-4-6-10-14(12)15;2*1-3-2;1-2/h3-10H,1-2H3;2*3H,1H2,2H3;1-2H3. The zero-order chi connectivity index (χ0) is 17.9. The molecule has 0 radical (unpaired) electrons. The van der Waals surface area contributed by atoms with Crippen molar-refractivity contribution < 1.29 is 0 Å². The summed E-state index contributed by atoms with van der Waals surface area (Å²) in [5.41, 5.74) is 5.86. The van der Waals surface area contributed by atoms with Gasteiger partial charge in [-0.05, 0) is 36.1 Å². The van der Waals surface area contributed by atoms with Gasteiger partial charge in [-0.1, -0.05) is 88.4 Å². The number of allylic oxidation sites excluding steroid dienone is 2. The molecule has 0 amide bonds. The summed E-state index contributed by atoms with van der Waals surface area (Å²) in [6.07, 6.45) is 3.50. The third-order valence-corrected chi connectivity index (χ3v) is 3.49. The van der Waals surface area contributed by atoms with Gasteiger partial charge in [0.15, 0.2) is 0 Å². The van der Waals surface area contributed by atoms with Gasteiger partial charge in [-0.2, -0.15) is 0 Å². The molecule has 0 N–H and O–H groups in total. The van der Waals surface area contributed by atoms with E-state index in [1.54, 1.807) is 12.2 Å². The van der Waals surface area contributed by atoms with E-state index in [1.165, 1.54) is 22.3 Å². The normalized spacial score (nSPS) is 11.7. The Morgan fingerprint density at radius 2 is 0.957 bits per heavy atom. The van der Waals surface area contributed by atoms with Crippen molar-refractivity contribution in [1.29, 1.82) is 0 Å². The maximum atomic E-state index is 3.36.